The molecule has 68 valence electrons. The fourth-order valence-electron chi connectivity index (χ4n) is 1.48. The summed E-state index contributed by atoms with van der Waals surface area (Å²) < 4.78 is 5.53. The van der Waals surface area contributed by atoms with Crippen LogP contribution >= 0.6 is 0 Å². The highest BCUT2D eigenvalue weighted by atomic mass is 16.5. The minimum atomic E-state index is -0.764. The van der Waals surface area contributed by atoms with Gasteiger partial charge in [-0.25, -0.2) is 0 Å². The predicted molar refractivity (Wildman–Crippen MR) is 41.9 cm³/mol. The highest BCUT2D eigenvalue weighted by molar-refractivity contribution is 5.70. The topological polar surface area (TPSA) is 58.6 Å². The van der Waals surface area contributed by atoms with Crippen LogP contribution < -0.4 is 5.32 Å². The Balaban J connectivity index is 1.93. The molecular formula is C8H13NO3. The van der Waals surface area contributed by atoms with E-state index >= 15 is 0 Å². The molecule has 4 heteroatoms. The molecule has 1 aliphatic heterocycles. The molecule has 2 N–H and O–H groups in total. The number of hydrogen-bond donors (Lipinski definition) is 2. The number of carboxylic acid groups (broad SMARTS) is 1. The molecule has 1 saturated heterocycles. The maximum absolute atomic E-state index is 10.6. The largest absolute Gasteiger partial charge is 0.481 e. The van der Waals surface area contributed by atoms with Gasteiger partial charge in [-0.1, -0.05) is 0 Å². The van der Waals surface area contributed by atoms with E-state index in [0.29, 0.717) is 13.2 Å². The van der Waals surface area contributed by atoms with Crippen LogP contribution in [0.1, 0.15) is 12.8 Å². The monoisotopic (exact) mass is 171 g/mol. The molecule has 12 heavy (non-hydrogen) atoms. The Morgan fingerprint density at radius 1 is 1.58 bits per heavy atom. The zero-order valence-corrected chi connectivity index (χ0v) is 6.88. The van der Waals surface area contributed by atoms with Gasteiger partial charge in [0, 0.05) is 13.1 Å². The van der Waals surface area contributed by atoms with Crippen LogP contribution in [0.2, 0.25) is 0 Å². The average molecular weight is 171 g/mol. The van der Waals surface area contributed by atoms with Crippen LogP contribution in [0.3, 0.4) is 0 Å². The van der Waals surface area contributed by atoms with Gasteiger partial charge in [-0.15, -0.1) is 0 Å². The van der Waals surface area contributed by atoms with Crippen molar-refractivity contribution in [3.63, 3.8) is 0 Å². The standard InChI is InChI=1S/C8H13NO3/c10-7(11)6-3-9-5-8(1-2-8)12-4-6/h6,9H,1-5H2,(H,10,11). The summed E-state index contributed by atoms with van der Waals surface area (Å²) in [4.78, 5) is 10.6. The Kier molecular flexibility index (Phi) is 1.81. The Morgan fingerprint density at radius 2 is 2.33 bits per heavy atom. The maximum atomic E-state index is 10.6. The van der Waals surface area contributed by atoms with Gasteiger partial charge in [-0.2, -0.15) is 0 Å². The third kappa shape index (κ3) is 1.44. The number of carboxylic acids is 1. The first kappa shape index (κ1) is 8.01. The van der Waals surface area contributed by atoms with E-state index in [0.717, 1.165) is 19.4 Å². The lowest BCUT2D eigenvalue weighted by atomic mass is 10.2. The fourth-order valence-corrected chi connectivity index (χ4v) is 1.48. The molecule has 1 aliphatic carbocycles. The van der Waals surface area contributed by atoms with Gasteiger partial charge in [0.2, 0.25) is 0 Å². The molecular weight excluding hydrogens is 158 g/mol. The van der Waals surface area contributed by atoms with E-state index < -0.39 is 5.97 Å². The maximum Gasteiger partial charge on any atom is 0.310 e. The summed E-state index contributed by atoms with van der Waals surface area (Å²) in [7, 11) is 0. The summed E-state index contributed by atoms with van der Waals surface area (Å²) in [5.74, 6) is -1.13. The number of carbonyl (C=O) groups is 1. The molecule has 2 aliphatic rings. The first-order chi connectivity index (χ1) is 5.72. The summed E-state index contributed by atoms with van der Waals surface area (Å²) in [6.07, 6.45) is 2.15. The van der Waals surface area contributed by atoms with Gasteiger partial charge in [-0.3, -0.25) is 4.79 Å². The lowest BCUT2D eigenvalue weighted by Crippen LogP contribution is -2.30. The van der Waals surface area contributed by atoms with Gasteiger partial charge in [0.1, 0.15) is 0 Å². The second-order valence-corrected chi connectivity index (χ2v) is 3.66. The zero-order chi connectivity index (χ0) is 8.60. The molecule has 0 bridgehead atoms. The molecule has 0 aromatic rings. The predicted octanol–water partition coefficient (Wildman–Crippen LogP) is -0.160. The van der Waals surface area contributed by atoms with Crippen molar-refractivity contribution in [2.24, 2.45) is 5.92 Å². The smallest absolute Gasteiger partial charge is 0.310 e. The summed E-state index contributed by atoms with van der Waals surface area (Å²) in [5.41, 5.74) is 0.00417. The van der Waals surface area contributed by atoms with E-state index in [1.807, 2.05) is 0 Å². The Morgan fingerprint density at radius 3 is 2.92 bits per heavy atom. The summed E-state index contributed by atoms with van der Waals surface area (Å²) >= 11 is 0. The van der Waals surface area contributed by atoms with E-state index in [2.05, 4.69) is 5.32 Å². The van der Waals surface area contributed by atoms with E-state index in [9.17, 15) is 4.79 Å². The molecule has 1 heterocycles. The highest BCUT2D eigenvalue weighted by Gasteiger charge is 2.45. The molecule has 0 aromatic carbocycles. The van der Waals surface area contributed by atoms with Crippen molar-refractivity contribution >= 4 is 5.97 Å². The lowest BCUT2D eigenvalue weighted by molar-refractivity contribution is -0.143. The van der Waals surface area contributed by atoms with Gasteiger partial charge in [0.05, 0.1) is 18.1 Å². The van der Waals surface area contributed by atoms with Crippen molar-refractivity contribution in [1.29, 1.82) is 0 Å². The van der Waals surface area contributed by atoms with Gasteiger partial charge in [0.25, 0.3) is 0 Å². The molecule has 0 radical (unpaired) electrons. The van der Waals surface area contributed by atoms with Crippen LogP contribution in [0.15, 0.2) is 0 Å². The van der Waals surface area contributed by atoms with Gasteiger partial charge in [0.15, 0.2) is 0 Å². The van der Waals surface area contributed by atoms with Gasteiger partial charge >= 0.3 is 5.97 Å². The summed E-state index contributed by atoms with van der Waals surface area (Å²) in [6, 6.07) is 0. The Labute approximate surface area is 70.9 Å². The van der Waals surface area contributed by atoms with E-state index in [-0.39, 0.29) is 11.5 Å². The first-order valence-corrected chi connectivity index (χ1v) is 4.29. The van der Waals surface area contributed by atoms with Crippen molar-refractivity contribution in [2.45, 2.75) is 18.4 Å². The van der Waals surface area contributed by atoms with Crippen molar-refractivity contribution in [3.8, 4) is 0 Å². The van der Waals surface area contributed by atoms with Crippen LogP contribution in [0.4, 0.5) is 0 Å². The van der Waals surface area contributed by atoms with Crippen molar-refractivity contribution in [3.05, 3.63) is 0 Å². The molecule has 4 nitrogen and oxygen atoms in total. The number of aliphatic carboxylic acids is 1. The third-order valence-electron chi connectivity index (χ3n) is 2.59. The number of ether oxygens (including phenoxy) is 1. The van der Waals surface area contributed by atoms with Crippen molar-refractivity contribution in [2.75, 3.05) is 19.7 Å². The minimum absolute atomic E-state index is 0.00417. The first-order valence-electron chi connectivity index (χ1n) is 4.29. The SMILES string of the molecule is O=C(O)C1CNCC2(CC2)OC1. The molecule has 0 amide bonds. The fraction of sp³-hybridized carbons (Fsp3) is 0.875. The number of nitrogens with one attached hydrogen (secondary N) is 1. The second kappa shape index (κ2) is 2.71. The quantitative estimate of drug-likeness (QED) is 0.575. The average Bonchev–Trinajstić information content (AvgIpc) is 2.80. The molecule has 1 atom stereocenters. The lowest BCUT2D eigenvalue weighted by Gasteiger charge is -2.11. The minimum Gasteiger partial charge on any atom is -0.481 e. The van der Waals surface area contributed by atoms with E-state index in [1.165, 1.54) is 0 Å². The Hall–Kier alpha value is -0.610. The summed E-state index contributed by atoms with van der Waals surface area (Å²) in [6.45, 7) is 1.72. The van der Waals surface area contributed by atoms with Gasteiger partial charge in [-0.05, 0) is 12.8 Å². The molecule has 2 fully saturated rings. The molecule has 2 rings (SSSR count). The summed E-state index contributed by atoms with van der Waals surface area (Å²) in [5, 5.41) is 11.9. The number of hydrogen-bond acceptors (Lipinski definition) is 3. The van der Waals surface area contributed by atoms with Crippen LogP contribution in [0, 0.1) is 5.92 Å². The molecule has 1 spiro atoms. The molecule has 0 aromatic heterocycles. The Bertz CT molecular complexity index is 200. The van der Waals surface area contributed by atoms with Gasteiger partial charge < -0.3 is 15.2 Å². The van der Waals surface area contributed by atoms with E-state index in [1.54, 1.807) is 0 Å². The van der Waals surface area contributed by atoms with Crippen LogP contribution in [0.25, 0.3) is 0 Å². The number of rotatable bonds is 1. The van der Waals surface area contributed by atoms with Crippen molar-refractivity contribution in [1.82, 2.24) is 5.32 Å². The van der Waals surface area contributed by atoms with E-state index in [4.69, 9.17) is 9.84 Å². The zero-order valence-electron chi connectivity index (χ0n) is 6.88. The van der Waals surface area contributed by atoms with Crippen LogP contribution in [-0.4, -0.2) is 36.4 Å². The van der Waals surface area contributed by atoms with Crippen LogP contribution in [-0.2, 0) is 9.53 Å². The second-order valence-electron chi connectivity index (χ2n) is 3.66. The van der Waals surface area contributed by atoms with Crippen molar-refractivity contribution < 1.29 is 14.6 Å². The normalized spacial score (nSPS) is 32.8. The molecule has 1 saturated carbocycles. The van der Waals surface area contributed by atoms with Crippen LogP contribution in [0.5, 0.6) is 0 Å². The third-order valence-corrected chi connectivity index (χ3v) is 2.59. The molecule has 1 unspecified atom stereocenters. The highest BCUT2D eigenvalue weighted by Crippen LogP contribution is 2.40.